The van der Waals surface area contributed by atoms with E-state index in [4.69, 9.17) is 9.59 Å². The van der Waals surface area contributed by atoms with Gasteiger partial charge in [0, 0.05) is 46.7 Å². The van der Waals surface area contributed by atoms with Crippen LogP contribution in [-0.4, -0.2) is 39.2 Å². The van der Waals surface area contributed by atoms with Crippen molar-refractivity contribution in [3.8, 4) is 0 Å². The monoisotopic (exact) mass is 373 g/mol. The van der Waals surface area contributed by atoms with Gasteiger partial charge in [-0.2, -0.15) is 6.92 Å². The van der Waals surface area contributed by atoms with E-state index in [1.165, 1.54) is 33.7 Å². The van der Waals surface area contributed by atoms with Gasteiger partial charge in [0.2, 0.25) is 0 Å². The van der Waals surface area contributed by atoms with Crippen LogP contribution in [0.25, 0.3) is 0 Å². The zero-order valence-electron chi connectivity index (χ0n) is 9.94. The fourth-order valence-electron chi connectivity index (χ4n) is 0.286. The molecule has 0 amide bonds. The summed E-state index contributed by atoms with van der Waals surface area (Å²) < 4.78 is 12.7. The van der Waals surface area contributed by atoms with Crippen molar-refractivity contribution in [1.82, 2.24) is 0 Å². The van der Waals surface area contributed by atoms with Gasteiger partial charge in [-0.05, 0) is 6.92 Å². The summed E-state index contributed by atoms with van der Waals surface area (Å²) >= 11 is 0. The van der Waals surface area contributed by atoms with Gasteiger partial charge in [-0.15, -0.1) is 0 Å². The van der Waals surface area contributed by atoms with Crippen LogP contribution in [0.3, 0.4) is 0 Å². The van der Waals surface area contributed by atoms with Crippen LogP contribution in [-0.2, 0) is 61.3 Å². The summed E-state index contributed by atoms with van der Waals surface area (Å²) in [5.74, 6) is -0.211. The molecule has 6 nitrogen and oxygen atoms in total. The Labute approximate surface area is 150 Å². The number of esters is 1. The Balaban J connectivity index is -0.0000000166. The minimum atomic E-state index is -0.211. The van der Waals surface area contributed by atoms with Gasteiger partial charge in [0.25, 0.3) is 0 Å². The topological polar surface area (TPSA) is 78.9 Å². The Morgan fingerprint density at radius 2 is 1.45 bits per heavy atom. The third kappa shape index (κ3) is 153. The molecule has 0 bridgehead atoms. The number of hydrogen-bond donors (Lipinski definition) is 0. The van der Waals surface area contributed by atoms with Crippen LogP contribution in [0.5, 0.6) is 0 Å². The Morgan fingerprint density at radius 1 is 1.10 bits per heavy atom. The van der Waals surface area contributed by atoms with Crippen LogP contribution in [0, 0.1) is 0 Å². The molecular formula is C13H32O6Y-2. The molecular weight excluding hydrogens is 341 g/mol. The molecule has 0 aromatic rings. The Kier molecular flexibility index (Phi) is 157. The molecule has 0 saturated heterocycles. The van der Waals surface area contributed by atoms with Crippen molar-refractivity contribution >= 4 is 18.7 Å². The molecule has 0 spiro atoms. The van der Waals surface area contributed by atoms with Crippen LogP contribution in [0.15, 0.2) is 0 Å². The first-order valence-corrected chi connectivity index (χ1v) is 4.00. The smallest absolute Gasteiger partial charge is 0.302 e. The number of carbonyl (C=O) groups is 1. The maximum absolute atomic E-state index is 9.82. The summed E-state index contributed by atoms with van der Waals surface area (Å²) in [7, 11) is 1.43. The Morgan fingerprint density at radius 3 is 1.50 bits per heavy atom. The normalized spacial score (nSPS) is 5.20. The summed E-state index contributed by atoms with van der Waals surface area (Å²) in [4.78, 5) is 27.6. The quantitative estimate of drug-likeness (QED) is 0.326. The zero-order valence-corrected chi connectivity index (χ0v) is 12.8. The molecule has 20 heavy (non-hydrogen) atoms. The van der Waals surface area contributed by atoms with E-state index in [0.717, 1.165) is 0 Å². The molecule has 0 aliphatic rings. The first-order chi connectivity index (χ1) is 7.10. The van der Waals surface area contributed by atoms with Gasteiger partial charge in [-0.3, -0.25) is 11.1 Å². The van der Waals surface area contributed by atoms with E-state index in [1.54, 1.807) is 6.92 Å². The molecule has 0 rings (SSSR count). The van der Waals surface area contributed by atoms with Crippen molar-refractivity contribution in [2.24, 2.45) is 0 Å². The summed E-state index contributed by atoms with van der Waals surface area (Å²) in [5.41, 5.74) is 0. The van der Waals surface area contributed by atoms with Crippen LogP contribution >= 0.6 is 0 Å². The van der Waals surface area contributed by atoms with Crippen molar-refractivity contribution in [2.45, 2.75) is 50.5 Å². The second kappa shape index (κ2) is 62.3. The van der Waals surface area contributed by atoms with E-state index in [0.29, 0.717) is 6.61 Å². The Bertz CT molecular complexity index is 154. The van der Waals surface area contributed by atoms with Crippen LogP contribution < -0.4 is 0 Å². The van der Waals surface area contributed by atoms with Crippen molar-refractivity contribution in [3.05, 3.63) is 0 Å². The molecule has 7 heteroatoms. The predicted molar refractivity (Wildman–Crippen MR) is 79.3 cm³/mol. The predicted octanol–water partition coefficient (Wildman–Crippen LogP) is 2.90. The van der Waals surface area contributed by atoms with Crippen molar-refractivity contribution in [2.75, 3.05) is 20.5 Å². The fraction of sp³-hybridized carbons (Fsp3) is 0.769. The molecule has 1 radical (unpaired) electrons. The second-order valence-corrected chi connectivity index (χ2v) is 1.76. The summed E-state index contributed by atoms with van der Waals surface area (Å²) in [6.45, 7) is 6.16. The van der Waals surface area contributed by atoms with E-state index < -0.39 is 0 Å². The molecule has 0 aliphatic carbocycles. The van der Waals surface area contributed by atoms with E-state index in [9.17, 15) is 4.79 Å². The second-order valence-electron chi connectivity index (χ2n) is 1.76. The number of ether oxygens (including phenoxy) is 3. The maximum Gasteiger partial charge on any atom is 0.302 e. The van der Waals surface area contributed by atoms with Crippen LogP contribution in [0.1, 0.15) is 50.5 Å². The molecule has 0 saturated carbocycles. The van der Waals surface area contributed by atoms with Gasteiger partial charge >= 0.3 is 5.97 Å². The SMILES string of the molecule is C.C.C.C.CCOC(C)=O.COCO[C-]=O.C[C-]=O.[Y]. The average Bonchev–Trinajstić information content (AvgIpc) is 2.16. The van der Waals surface area contributed by atoms with Gasteiger partial charge in [-0.25, -0.2) is 0 Å². The molecule has 0 aliphatic heterocycles. The van der Waals surface area contributed by atoms with Crippen molar-refractivity contribution in [3.63, 3.8) is 0 Å². The fourth-order valence-corrected chi connectivity index (χ4v) is 0.286. The molecule has 0 N–H and O–H groups in total. The first kappa shape index (κ1) is 50.3. The minimum absolute atomic E-state index is 0. The molecule has 0 fully saturated rings. The third-order valence-corrected chi connectivity index (χ3v) is 0.583. The molecule has 0 atom stereocenters. The number of carbonyl (C=O) groups excluding carboxylic acids is 3. The molecule has 125 valence electrons. The zero-order chi connectivity index (χ0) is 12.5. The number of rotatable bonds is 4. The number of methoxy groups -OCH3 is 1. The summed E-state index contributed by atoms with van der Waals surface area (Å²) in [6, 6.07) is 0. The van der Waals surface area contributed by atoms with Gasteiger partial charge in [0.1, 0.15) is 0 Å². The summed E-state index contributed by atoms with van der Waals surface area (Å²) in [6.07, 6.45) is 1.50. The van der Waals surface area contributed by atoms with Gasteiger partial charge < -0.3 is 23.8 Å². The third-order valence-electron chi connectivity index (χ3n) is 0.583. The standard InChI is InChI=1S/C4H8O2.C3H5O3.C2H3O.4CH4.Y/c1-3-6-4(2)5;1-5-3-6-2-4;1-2-3;;;;;/h3H2,1-2H3;3H2,1H3;1H3;4*1H4;/q;2*-1;;;;;. The minimum Gasteiger partial charge on any atom is -0.634 e. The first-order valence-electron chi connectivity index (χ1n) is 4.00. The van der Waals surface area contributed by atoms with E-state index >= 15 is 0 Å². The maximum atomic E-state index is 9.82. The van der Waals surface area contributed by atoms with Crippen molar-refractivity contribution in [1.29, 1.82) is 0 Å². The largest absolute Gasteiger partial charge is 0.634 e. The van der Waals surface area contributed by atoms with Crippen LogP contribution in [0.4, 0.5) is 0 Å². The molecule has 0 aromatic carbocycles. The van der Waals surface area contributed by atoms with E-state index in [2.05, 4.69) is 14.2 Å². The van der Waals surface area contributed by atoms with Gasteiger partial charge in [-0.1, -0.05) is 36.2 Å². The van der Waals surface area contributed by atoms with Crippen LogP contribution in [0.2, 0.25) is 0 Å². The molecule has 0 unspecified atom stereocenters. The van der Waals surface area contributed by atoms with Gasteiger partial charge in [0.05, 0.1) is 6.61 Å². The molecule has 0 heterocycles. The summed E-state index contributed by atoms with van der Waals surface area (Å²) in [5, 5.41) is 0. The number of hydrogen-bond acceptors (Lipinski definition) is 6. The average molecular weight is 373 g/mol. The molecule has 0 aromatic heterocycles. The van der Waals surface area contributed by atoms with Crippen molar-refractivity contribution < 1.29 is 61.3 Å². The van der Waals surface area contributed by atoms with Gasteiger partial charge in [0.15, 0.2) is 6.79 Å². The van der Waals surface area contributed by atoms with E-state index in [-0.39, 0.29) is 75.2 Å². The Hall–Kier alpha value is -0.326. The van der Waals surface area contributed by atoms with E-state index in [1.807, 2.05) is 0 Å².